The van der Waals surface area contributed by atoms with Crippen molar-refractivity contribution >= 4 is 51.6 Å². The fraction of sp³-hybridized carbons (Fsp3) is 0.214. The predicted molar refractivity (Wildman–Crippen MR) is 92.0 cm³/mol. The van der Waals surface area contributed by atoms with E-state index in [-0.39, 0.29) is 5.91 Å². The van der Waals surface area contributed by atoms with Gasteiger partial charge in [-0.2, -0.15) is 11.8 Å². The first-order chi connectivity index (χ1) is 9.25. The summed E-state index contributed by atoms with van der Waals surface area (Å²) in [5.74, 6) is 1.97. The second kappa shape index (κ2) is 7.91. The summed E-state index contributed by atoms with van der Waals surface area (Å²) in [5, 5.41) is 5.04. The molecule has 1 amide bonds. The molecule has 0 aliphatic rings. The van der Waals surface area contributed by atoms with Crippen LogP contribution in [0.5, 0.6) is 0 Å². The SMILES string of the molecule is O=C(NCCSCc1cccs1)c1cccc(I)c1. The van der Waals surface area contributed by atoms with Gasteiger partial charge in [0.2, 0.25) is 0 Å². The Kier molecular flexibility index (Phi) is 6.19. The van der Waals surface area contributed by atoms with Gasteiger partial charge in [0.15, 0.2) is 0 Å². The molecule has 2 rings (SSSR count). The van der Waals surface area contributed by atoms with Crippen molar-refractivity contribution in [2.45, 2.75) is 5.75 Å². The Morgan fingerprint density at radius 1 is 1.32 bits per heavy atom. The first kappa shape index (κ1) is 14.9. The van der Waals surface area contributed by atoms with E-state index in [1.165, 1.54) is 4.88 Å². The molecule has 0 saturated carbocycles. The van der Waals surface area contributed by atoms with Crippen LogP contribution >= 0.6 is 45.7 Å². The largest absolute Gasteiger partial charge is 0.351 e. The van der Waals surface area contributed by atoms with Crippen LogP contribution in [0, 0.1) is 3.57 Å². The summed E-state index contributed by atoms with van der Waals surface area (Å²) in [7, 11) is 0. The second-order valence-corrected chi connectivity index (χ2v) is 7.28. The Balaban J connectivity index is 1.67. The molecule has 0 radical (unpaired) electrons. The normalized spacial score (nSPS) is 10.4. The van der Waals surface area contributed by atoms with Crippen molar-refractivity contribution in [2.24, 2.45) is 0 Å². The highest BCUT2D eigenvalue weighted by Gasteiger charge is 2.04. The lowest BCUT2D eigenvalue weighted by Crippen LogP contribution is -2.25. The van der Waals surface area contributed by atoms with E-state index in [1.54, 1.807) is 11.3 Å². The van der Waals surface area contributed by atoms with E-state index in [9.17, 15) is 4.79 Å². The van der Waals surface area contributed by atoms with Crippen LogP contribution in [0.2, 0.25) is 0 Å². The van der Waals surface area contributed by atoms with Crippen LogP contribution in [0.4, 0.5) is 0 Å². The Labute approximate surface area is 135 Å². The zero-order chi connectivity index (χ0) is 13.5. The molecule has 0 aliphatic heterocycles. The van der Waals surface area contributed by atoms with Crippen molar-refractivity contribution < 1.29 is 4.79 Å². The molecule has 2 aromatic rings. The Morgan fingerprint density at radius 2 is 2.21 bits per heavy atom. The summed E-state index contributed by atoms with van der Waals surface area (Å²) in [6.45, 7) is 0.709. The molecule has 0 fully saturated rings. The standard InChI is InChI=1S/C14H14INOS2/c15-12-4-1-3-11(9-12)14(17)16-6-8-18-10-13-5-2-7-19-13/h1-5,7,9H,6,8,10H2,(H,16,17). The number of carbonyl (C=O) groups excluding carboxylic acids is 1. The zero-order valence-corrected chi connectivity index (χ0v) is 14.1. The molecule has 0 atom stereocenters. The van der Waals surface area contributed by atoms with Crippen molar-refractivity contribution in [3.63, 3.8) is 0 Å². The van der Waals surface area contributed by atoms with Crippen molar-refractivity contribution in [1.82, 2.24) is 5.32 Å². The molecule has 0 spiro atoms. The van der Waals surface area contributed by atoms with Gasteiger partial charge in [-0.15, -0.1) is 11.3 Å². The van der Waals surface area contributed by atoms with Gasteiger partial charge in [-0.3, -0.25) is 4.79 Å². The van der Waals surface area contributed by atoms with Crippen LogP contribution in [-0.2, 0) is 5.75 Å². The van der Waals surface area contributed by atoms with Crippen LogP contribution in [0.1, 0.15) is 15.2 Å². The maximum atomic E-state index is 11.9. The van der Waals surface area contributed by atoms with E-state index in [0.717, 1.165) is 20.6 Å². The number of hydrogen-bond donors (Lipinski definition) is 1. The Bertz CT molecular complexity index is 528. The fourth-order valence-electron chi connectivity index (χ4n) is 1.54. The minimum atomic E-state index is 0.00948. The number of halogens is 1. The van der Waals surface area contributed by atoms with Gasteiger partial charge in [0.25, 0.3) is 5.91 Å². The Morgan fingerprint density at radius 3 is 2.95 bits per heavy atom. The molecule has 1 aromatic heterocycles. The number of amides is 1. The summed E-state index contributed by atoms with van der Waals surface area (Å²) in [5.41, 5.74) is 0.732. The molecular weight excluding hydrogens is 389 g/mol. The average molecular weight is 403 g/mol. The highest BCUT2D eigenvalue weighted by Crippen LogP contribution is 2.16. The van der Waals surface area contributed by atoms with E-state index >= 15 is 0 Å². The molecule has 1 heterocycles. The van der Waals surface area contributed by atoms with E-state index in [1.807, 2.05) is 36.0 Å². The van der Waals surface area contributed by atoms with Crippen molar-refractivity contribution in [3.8, 4) is 0 Å². The topological polar surface area (TPSA) is 29.1 Å². The lowest BCUT2D eigenvalue weighted by molar-refractivity contribution is 0.0956. The highest BCUT2D eigenvalue weighted by molar-refractivity contribution is 14.1. The van der Waals surface area contributed by atoms with Crippen LogP contribution in [0.15, 0.2) is 41.8 Å². The van der Waals surface area contributed by atoms with Crippen molar-refractivity contribution in [1.29, 1.82) is 0 Å². The zero-order valence-electron chi connectivity index (χ0n) is 10.3. The maximum absolute atomic E-state index is 11.9. The lowest BCUT2D eigenvalue weighted by atomic mass is 10.2. The number of benzene rings is 1. The third-order valence-electron chi connectivity index (χ3n) is 2.44. The highest BCUT2D eigenvalue weighted by atomic mass is 127. The van der Waals surface area contributed by atoms with E-state index in [4.69, 9.17) is 0 Å². The number of rotatable bonds is 6. The minimum absolute atomic E-state index is 0.00948. The van der Waals surface area contributed by atoms with Crippen LogP contribution < -0.4 is 5.32 Å². The summed E-state index contributed by atoms with van der Waals surface area (Å²) < 4.78 is 1.08. The summed E-state index contributed by atoms with van der Waals surface area (Å²) in [6.07, 6.45) is 0. The Hall–Kier alpha value is -0.530. The number of thioether (sulfide) groups is 1. The van der Waals surface area contributed by atoms with Gasteiger partial charge < -0.3 is 5.32 Å². The van der Waals surface area contributed by atoms with E-state index in [0.29, 0.717) is 6.54 Å². The number of nitrogens with one attached hydrogen (secondary N) is 1. The molecule has 0 bridgehead atoms. The molecule has 1 N–H and O–H groups in total. The quantitative estimate of drug-likeness (QED) is 0.583. The molecule has 19 heavy (non-hydrogen) atoms. The fourth-order valence-corrected chi connectivity index (χ4v) is 3.78. The van der Waals surface area contributed by atoms with Gasteiger partial charge in [0.05, 0.1) is 0 Å². The second-order valence-electron chi connectivity index (χ2n) is 3.90. The molecule has 5 heteroatoms. The van der Waals surface area contributed by atoms with Gasteiger partial charge in [-0.25, -0.2) is 0 Å². The van der Waals surface area contributed by atoms with Gasteiger partial charge in [-0.05, 0) is 52.2 Å². The number of hydrogen-bond acceptors (Lipinski definition) is 3. The van der Waals surface area contributed by atoms with Crippen LogP contribution in [-0.4, -0.2) is 18.2 Å². The smallest absolute Gasteiger partial charge is 0.251 e. The summed E-state index contributed by atoms with van der Waals surface area (Å²) in [6, 6.07) is 11.8. The van der Waals surface area contributed by atoms with Gasteiger partial charge in [-0.1, -0.05) is 12.1 Å². The van der Waals surface area contributed by atoms with Gasteiger partial charge in [0.1, 0.15) is 0 Å². The van der Waals surface area contributed by atoms with E-state index < -0.39 is 0 Å². The third-order valence-corrected chi connectivity index (χ3v) is 5.18. The first-order valence-electron chi connectivity index (χ1n) is 5.89. The molecular formula is C14H14INOS2. The van der Waals surface area contributed by atoms with Crippen molar-refractivity contribution in [3.05, 3.63) is 55.8 Å². The molecule has 0 aliphatic carbocycles. The minimum Gasteiger partial charge on any atom is -0.351 e. The van der Waals surface area contributed by atoms with Crippen molar-refractivity contribution in [2.75, 3.05) is 12.3 Å². The molecule has 2 nitrogen and oxygen atoms in total. The predicted octanol–water partition coefficient (Wildman–Crippen LogP) is 4.02. The summed E-state index contributed by atoms with van der Waals surface area (Å²) >= 11 is 5.83. The van der Waals surface area contributed by atoms with E-state index in [2.05, 4.69) is 45.4 Å². The van der Waals surface area contributed by atoms with Crippen LogP contribution in [0.25, 0.3) is 0 Å². The molecule has 0 saturated heterocycles. The molecule has 1 aromatic carbocycles. The molecule has 0 unspecified atom stereocenters. The van der Waals surface area contributed by atoms with Gasteiger partial charge >= 0.3 is 0 Å². The average Bonchev–Trinajstić information content (AvgIpc) is 2.91. The lowest BCUT2D eigenvalue weighted by Gasteiger charge is -2.05. The van der Waals surface area contributed by atoms with Gasteiger partial charge in [0, 0.05) is 32.1 Å². The number of carbonyl (C=O) groups is 1. The first-order valence-corrected chi connectivity index (χ1v) is 9.01. The molecule has 100 valence electrons. The van der Waals surface area contributed by atoms with Crippen LogP contribution in [0.3, 0.4) is 0 Å². The third kappa shape index (κ3) is 5.16. The maximum Gasteiger partial charge on any atom is 0.251 e. The summed E-state index contributed by atoms with van der Waals surface area (Å²) in [4.78, 5) is 13.3. The number of thiophene rings is 1. The monoisotopic (exact) mass is 403 g/mol.